The fraction of sp³-hybridized carbons (Fsp3) is 0.267. The number of carbonyl (C=O) groups is 1. The number of amides is 1. The van der Waals surface area contributed by atoms with Crippen LogP contribution < -0.4 is 9.62 Å². The topological polar surface area (TPSA) is 66.5 Å². The number of nitrogens with one attached hydrogen (secondary N) is 1. The van der Waals surface area contributed by atoms with Crippen molar-refractivity contribution in [3.63, 3.8) is 0 Å². The minimum absolute atomic E-state index is 0.149. The number of rotatable bonds is 4. The molecule has 2 aromatic rings. The maximum atomic E-state index is 12.1. The quantitative estimate of drug-likeness (QED) is 0.899. The molecule has 1 fully saturated rings. The monoisotopic (exact) mass is 370 g/mol. The largest absolute Gasteiger partial charge is 0.324 e. The van der Waals surface area contributed by atoms with E-state index in [9.17, 15) is 13.2 Å². The molecule has 2 heterocycles. The van der Waals surface area contributed by atoms with Crippen LogP contribution in [-0.2, 0) is 21.2 Å². The summed E-state index contributed by atoms with van der Waals surface area (Å²) in [6.45, 7) is 0.451. The maximum Gasteiger partial charge on any atom is 0.235 e. The van der Waals surface area contributed by atoms with Gasteiger partial charge in [0, 0.05) is 11.4 Å². The van der Waals surface area contributed by atoms with Crippen molar-refractivity contribution in [3.8, 4) is 0 Å². The molecule has 1 aromatic heterocycles. The number of thiophene rings is 1. The Balaban J connectivity index is 1.79. The molecule has 1 saturated heterocycles. The van der Waals surface area contributed by atoms with Gasteiger partial charge in [0.25, 0.3) is 0 Å². The normalized spacial score (nSPS) is 16.5. The summed E-state index contributed by atoms with van der Waals surface area (Å²) in [5.74, 6) is -0.0360. The first-order valence-electron chi connectivity index (χ1n) is 7.08. The van der Waals surface area contributed by atoms with Gasteiger partial charge >= 0.3 is 0 Å². The van der Waals surface area contributed by atoms with E-state index in [0.717, 1.165) is 4.88 Å². The number of benzene rings is 1. The van der Waals surface area contributed by atoms with Crippen molar-refractivity contribution in [2.45, 2.75) is 12.8 Å². The fourth-order valence-corrected chi connectivity index (χ4v) is 4.88. The highest BCUT2D eigenvalue weighted by atomic mass is 35.5. The highest BCUT2D eigenvalue weighted by molar-refractivity contribution is 7.93. The molecule has 0 bridgehead atoms. The van der Waals surface area contributed by atoms with Gasteiger partial charge in [0.05, 0.1) is 28.6 Å². The molecule has 1 amide bonds. The second kappa shape index (κ2) is 6.51. The predicted octanol–water partition coefficient (Wildman–Crippen LogP) is 3.12. The van der Waals surface area contributed by atoms with Crippen molar-refractivity contribution in [1.29, 1.82) is 0 Å². The summed E-state index contributed by atoms with van der Waals surface area (Å²) in [5, 5.41) is 5.04. The van der Waals surface area contributed by atoms with E-state index in [2.05, 4.69) is 5.32 Å². The molecule has 0 unspecified atom stereocenters. The van der Waals surface area contributed by atoms with Gasteiger partial charge in [-0.05, 0) is 36.1 Å². The third-order valence-corrected chi connectivity index (χ3v) is 6.60. The van der Waals surface area contributed by atoms with Gasteiger partial charge in [-0.25, -0.2) is 8.42 Å². The van der Waals surface area contributed by atoms with Crippen molar-refractivity contribution in [3.05, 3.63) is 45.6 Å². The molecule has 0 atom stereocenters. The van der Waals surface area contributed by atoms with Crippen LogP contribution >= 0.6 is 22.9 Å². The number of nitrogens with zero attached hydrogens (tertiary/aromatic N) is 1. The molecule has 0 aliphatic carbocycles. The van der Waals surface area contributed by atoms with E-state index in [1.54, 1.807) is 18.2 Å². The Morgan fingerprint density at radius 2 is 2.17 bits per heavy atom. The van der Waals surface area contributed by atoms with Crippen LogP contribution in [-0.4, -0.2) is 26.6 Å². The van der Waals surface area contributed by atoms with E-state index in [0.29, 0.717) is 29.4 Å². The summed E-state index contributed by atoms with van der Waals surface area (Å²) < 4.78 is 25.4. The van der Waals surface area contributed by atoms with Gasteiger partial charge in [-0.3, -0.25) is 9.10 Å². The Labute approximate surface area is 143 Å². The van der Waals surface area contributed by atoms with Gasteiger partial charge in [-0.15, -0.1) is 11.3 Å². The average Bonchev–Trinajstić information content (AvgIpc) is 3.10. The van der Waals surface area contributed by atoms with E-state index in [4.69, 9.17) is 11.6 Å². The lowest BCUT2D eigenvalue weighted by Crippen LogP contribution is -2.25. The molecule has 0 saturated carbocycles. The van der Waals surface area contributed by atoms with Gasteiger partial charge in [-0.2, -0.15) is 0 Å². The fourth-order valence-electron chi connectivity index (χ4n) is 2.46. The third kappa shape index (κ3) is 3.68. The van der Waals surface area contributed by atoms with E-state index in [1.165, 1.54) is 15.6 Å². The molecule has 8 heteroatoms. The number of carbonyl (C=O) groups excluding carboxylic acids is 1. The standard InChI is InChI=1S/C15H15ClN2O3S2/c16-13-5-4-11(18-6-2-8-23(18,20)21)9-14(13)17-15(19)10-12-3-1-7-22-12/h1,3-5,7,9H,2,6,8,10H2,(H,17,19). The van der Waals surface area contributed by atoms with Crippen LogP contribution in [0.25, 0.3) is 0 Å². The summed E-state index contributed by atoms with van der Waals surface area (Å²) in [7, 11) is -3.26. The van der Waals surface area contributed by atoms with Gasteiger partial charge in [-0.1, -0.05) is 17.7 Å². The Bertz CT molecular complexity index is 819. The number of halogens is 1. The zero-order valence-corrected chi connectivity index (χ0v) is 14.5. The molecule has 1 aliphatic rings. The van der Waals surface area contributed by atoms with Crippen LogP contribution in [0.4, 0.5) is 11.4 Å². The van der Waals surface area contributed by atoms with Gasteiger partial charge < -0.3 is 5.32 Å². The first-order chi connectivity index (χ1) is 11.0. The number of anilines is 2. The van der Waals surface area contributed by atoms with Crippen LogP contribution in [0.3, 0.4) is 0 Å². The Morgan fingerprint density at radius 1 is 1.35 bits per heavy atom. The second-order valence-electron chi connectivity index (χ2n) is 5.21. The lowest BCUT2D eigenvalue weighted by Gasteiger charge is -2.18. The van der Waals surface area contributed by atoms with Crippen molar-refractivity contribution >= 4 is 50.2 Å². The van der Waals surface area contributed by atoms with Crippen LogP contribution in [0, 0.1) is 0 Å². The SMILES string of the molecule is O=C(Cc1cccs1)Nc1cc(N2CCCS2(=O)=O)ccc1Cl. The van der Waals surface area contributed by atoms with Crippen LogP contribution in [0.5, 0.6) is 0 Å². The third-order valence-electron chi connectivity index (χ3n) is 3.53. The molecule has 3 rings (SSSR count). The van der Waals surface area contributed by atoms with Crippen LogP contribution in [0.2, 0.25) is 5.02 Å². The summed E-state index contributed by atoms with van der Waals surface area (Å²) >= 11 is 7.63. The number of hydrogen-bond acceptors (Lipinski definition) is 4. The zero-order valence-electron chi connectivity index (χ0n) is 12.2. The molecule has 0 spiro atoms. The smallest absolute Gasteiger partial charge is 0.235 e. The van der Waals surface area contributed by atoms with E-state index in [-0.39, 0.29) is 18.1 Å². The first kappa shape index (κ1) is 16.3. The summed E-state index contributed by atoms with van der Waals surface area (Å²) in [6, 6.07) is 8.64. The molecule has 0 radical (unpaired) electrons. The lowest BCUT2D eigenvalue weighted by atomic mass is 10.2. The highest BCUT2D eigenvalue weighted by Crippen LogP contribution is 2.31. The van der Waals surface area contributed by atoms with Gasteiger partial charge in [0.15, 0.2) is 0 Å². The van der Waals surface area contributed by atoms with Crippen LogP contribution in [0.1, 0.15) is 11.3 Å². The molecule has 23 heavy (non-hydrogen) atoms. The second-order valence-corrected chi connectivity index (χ2v) is 8.66. The van der Waals surface area contributed by atoms with E-state index >= 15 is 0 Å². The molecule has 1 aromatic carbocycles. The van der Waals surface area contributed by atoms with Gasteiger partial charge in [0.1, 0.15) is 0 Å². The zero-order chi connectivity index (χ0) is 16.4. The molecular weight excluding hydrogens is 356 g/mol. The Kier molecular flexibility index (Phi) is 4.61. The molecule has 5 nitrogen and oxygen atoms in total. The number of hydrogen-bond donors (Lipinski definition) is 1. The predicted molar refractivity (Wildman–Crippen MR) is 93.9 cm³/mol. The van der Waals surface area contributed by atoms with Crippen molar-refractivity contribution in [1.82, 2.24) is 0 Å². The summed E-state index contributed by atoms with van der Waals surface area (Å²) in [6.07, 6.45) is 0.866. The van der Waals surface area contributed by atoms with Gasteiger partial charge in [0.2, 0.25) is 15.9 Å². The Morgan fingerprint density at radius 3 is 2.83 bits per heavy atom. The van der Waals surface area contributed by atoms with Crippen molar-refractivity contribution in [2.75, 3.05) is 21.9 Å². The maximum absolute atomic E-state index is 12.1. The van der Waals surface area contributed by atoms with Crippen LogP contribution in [0.15, 0.2) is 35.7 Å². The van der Waals surface area contributed by atoms with E-state index < -0.39 is 10.0 Å². The minimum atomic E-state index is -3.26. The summed E-state index contributed by atoms with van der Waals surface area (Å²) in [4.78, 5) is 13.1. The molecule has 1 aliphatic heterocycles. The van der Waals surface area contributed by atoms with E-state index in [1.807, 2.05) is 17.5 Å². The molecular formula is C15H15ClN2O3S2. The molecule has 1 N–H and O–H groups in total. The first-order valence-corrected chi connectivity index (χ1v) is 9.94. The molecule has 122 valence electrons. The summed E-state index contributed by atoms with van der Waals surface area (Å²) in [5.41, 5.74) is 0.950. The Hall–Kier alpha value is -1.57. The minimum Gasteiger partial charge on any atom is -0.324 e. The highest BCUT2D eigenvalue weighted by Gasteiger charge is 2.28. The van der Waals surface area contributed by atoms with Crippen molar-refractivity contribution in [2.24, 2.45) is 0 Å². The lowest BCUT2D eigenvalue weighted by molar-refractivity contribution is -0.115. The average molecular weight is 371 g/mol. The number of sulfonamides is 1. The van der Waals surface area contributed by atoms with Crippen molar-refractivity contribution < 1.29 is 13.2 Å².